The lowest BCUT2D eigenvalue weighted by Gasteiger charge is -2.14. The third-order valence-electron chi connectivity index (χ3n) is 5.58. The molecule has 0 bridgehead atoms. The molecule has 7 heteroatoms. The van der Waals surface area contributed by atoms with E-state index in [0.717, 1.165) is 28.5 Å². The van der Waals surface area contributed by atoms with Crippen LogP contribution in [0.5, 0.6) is 0 Å². The molecule has 1 heterocycles. The molecule has 4 rings (SSSR count). The van der Waals surface area contributed by atoms with Gasteiger partial charge in [0, 0.05) is 16.8 Å². The van der Waals surface area contributed by atoms with Crippen LogP contribution >= 0.6 is 11.8 Å². The van der Waals surface area contributed by atoms with E-state index in [0.29, 0.717) is 16.8 Å². The van der Waals surface area contributed by atoms with Crippen molar-refractivity contribution in [1.82, 2.24) is 4.90 Å². The molecule has 1 aliphatic rings. The van der Waals surface area contributed by atoms with E-state index < -0.39 is 5.91 Å². The predicted octanol–water partition coefficient (Wildman–Crippen LogP) is 4.98. The van der Waals surface area contributed by atoms with E-state index in [9.17, 15) is 19.2 Å². The molecule has 0 unspecified atom stereocenters. The first-order chi connectivity index (χ1) is 15.8. The molecule has 1 saturated heterocycles. The molecule has 3 aromatic carbocycles. The quantitative estimate of drug-likeness (QED) is 0.527. The van der Waals surface area contributed by atoms with Gasteiger partial charge in [0.05, 0.1) is 17.9 Å². The van der Waals surface area contributed by atoms with Gasteiger partial charge in [-0.3, -0.25) is 24.1 Å². The number of nitrogens with one attached hydrogen (secondary N) is 1. The maximum atomic E-state index is 13.1. The zero-order valence-corrected chi connectivity index (χ0v) is 19.1. The number of anilines is 1. The molecule has 6 nitrogen and oxygen atoms in total. The number of amides is 3. The van der Waals surface area contributed by atoms with Gasteiger partial charge in [0.25, 0.3) is 11.1 Å². The second kappa shape index (κ2) is 9.42. The third-order valence-corrected chi connectivity index (χ3v) is 6.44. The molecule has 3 aromatic rings. The van der Waals surface area contributed by atoms with Crippen LogP contribution in [0.25, 0.3) is 0 Å². The highest BCUT2D eigenvalue weighted by Gasteiger charge is 2.29. The van der Waals surface area contributed by atoms with Gasteiger partial charge in [0.1, 0.15) is 0 Å². The molecule has 0 aromatic heterocycles. The molecule has 0 radical (unpaired) electrons. The van der Waals surface area contributed by atoms with Crippen molar-refractivity contribution in [3.05, 3.63) is 100 Å². The number of nitrogens with zero attached hydrogens (tertiary/aromatic N) is 1. The molecule has 1 aliphatic heterocycles. The van der Waals surface area contributed by atoms with Gasteiger partial charge in [0.15, 0.2) is 5.78 Å². The number of carbonyl (C=O) groups excluding carboxylic acids is 4. The van der Waals surface area contributed by atoms with Crippen LogP contribution in [0, 0.1) is 13.8 Å². The van der Waals surface area contributed by atoms with E-state index in [4.69, 9.17) is 0 Å². The summed E-state index contributed by atoms with van der Waals surface area (Å²) in [5.41, 5.74) is 4.59. The summed E-state index contributed by atoms with van der Waals surface area (Å²) in [6.45, 7) is 4.13. The standard InChI is InChI=1S/C26H22N2O4S/c1-16-7-10-19(13-17(16)2)24(30)21-5-3-4-6-22(21)25(31)27-20-11-8-18(9-12-20)14-28-23(29)15-33-26(28)32/h3-13H,14-15H2,1-2H3,(H,27,31). The summed E-state index contributed by atoms with van der Waals surface area (Å²) in [6, 6.07) is 19.2. The highest BCUT2D eigenvalue weighted by Crippen LogP contribution is 2.23. The smallest absolute Gasteiger partial charge is 0.289 e. The van der Waals surface area contributed by atoms with Gasteiger partial charge in [0.2, 0.25) is 5.91 Å². The Morgan fingerprint density at radius 2 is 1.61 bits per heavy atom. The third kappa shape index (κ3) is 4.88. The topological polar surface area (TPSA) is 83.6 Å². The maximum absolute atomic E-state index is 13.1. The van der Waals surface area contributed by atoms with Crippen molar-refractivity contribution in [2.75, 3.05) is 11.1 Å². The number of ketones is 1. The van der Waals surface area contributed by atoms with Crippen molar-refractivity contribution in [1.29, 1.82) is 0 Å². The zero-order valence-electron chi connectivity index (χ0n) is 18.3. The largest absolute Gasteiger partial charge is 0.322 e. The molecule has 33 heavy (non-hydrogen) atoms. The van der Waals surface area contributed by atoms with E-state index in [-0.39, 0.29) is 34.8 Å². The number of carbonyl (C=O) groups is 4. The number of hydrogen-bond donors (Lipinski definition) is 1. The molecule has 0 atom stereocenters. The lowest BCUT2D eigenvalue weighted by atomic mass is 9.95. The fraction of sp³-hybridized carbons (Fsp3) is 0.154. The van der Waals surface area contributed by atoms with Gasteiger partial charge in [-0.25, -0.2) is 0 Å². The summed E-state index contributed by atoms with van der Waals surface area (Å²) in [4.78, 5) is 50.9. The van der Waals surface area contributed by atoms with Gasteiger partial charge in [-0.05, 0) is 54.8 Å². The van der Waals surface area contributed by atoms with Crippen molar-refractivity contribution in [2.24, 2.45) is 0 Å². The molecule has 0 spiro atoms. The Hall–Kier alpha value is -3.71. The number of thioether (sulfide) groups is 1. The van der Waals surface area contributed by atoms with Crippen molar-refractivity contribution in [2.45, 2.75) is 20.4 Å². The molecular formula is C26H22N2O4S. The first-order valence-electron chi connectivity index (χ1n) is 10.4. The Morgan fingerprint density at radius 3 is 2.24 bits per heavy atom. The van der Waals surface area contributed by atoms with E-state index in [1.807, 2.05) is 26.0 Å². The summed E-state index contributed by atoms with van der Waals surface area (Å²) in [6.07, 6.45) is 0. The van der Waals surface area contributed by atoms with Gasteiger partial charge in [-0.15, -0.1) is 0 Å². The summed E-state index contributed by atoms with van der Waals surface area (Å²) in [5.74, 6) is -0.631. The van der Waals surface area contributed by atoms with Crippen LogP contribution in [-0.4, -0.2) is 33.5 Å². The minimum atomic E-state index is -0.392. The molecular weight excluding hydrogens is 436 g/mol. The molecule has 1 fully saturated rings. The second-order valence-electron chi connectivity index (χ2n) is 7.86. The number of rotatable bonds is 6. The molecule has 0 aliphatic carbocycles. The van der Waals surface area contributed by atoms with Crippen LogP contribution in [-0.2, 0) is 11.3 Å². The van der Waals surface area contributed by atoms with Crippen molar-refractivity contribution in [3.8, 4) is 0 Å². The molecule has 0 saturated carbocycles. The second-order valence-corrected chi connectivity index (χ2v) is 8.79. The molecule has 3 amide bonds. The number of aryl methyl sites for hydroxylation is 2. The summed E-state index contributed by atoms with van der Waals surface area (Å²) in [5, 5.41) is 2.57. The van der Waals surface area contributed by atoms with Gasteiger partial charge in [-0.2, -0.15) is 0 Å². The van der Waals surface area contributed by atoms with Crippen LogP contribution in [0.1, 0.15) is 43.0 Å². The van der Waals surface area contributed by atoms with Crippen LogP contribution < -0.4 is 5.32 Å². The van der Waals surface area contributed by atoms with Crippen LogP contribution in [0.2, 0.25) is 0 Å². The Kier molecular flexibility index (Phi) is 6.42. The van der Waals surface area contributed by atoms with Crippen molar-refractivity contribution >= 4 is 40.3 Å². The minimum Gasteiger partial charge on any atom is -0.322 e. The number of benzene rings is 3. The first-order valence-corrected chi connectivity index (χ1v) is 11.4. The average Bonchev–Trinajstić information content (AvgIpc) is 3.13. The lowest BCUT2D eigenvalue weighted by Crippen LogP contribution is -2.27. The fourth-order valence-corrected chi connectivity index (χ4v) is 4.25. The molecule has 166 valence electrons. The molecule has 1 N–H and O–H groups in total. The summed E-state index contributed by atoms with van der Waals surface area (Å²) >= 11 is 0.998. The maximum Gasteiger partial charge on any atom is 0.289 e. The van der Waals surface area contributed by atoms with E-state index in [2.05, 4.69) is 5.32 Å². The number of imide groups is 1. The van der Waals surface area contributed by atoms with Crippen LogP contribution in [0.15, 0.2) is 66.7 Å². The van der Waals surface area contributed by atoms with Gasteiger partial charge in [-0.1, -0.05) is 54.2 Å². The zero-order chi connectivity index (χ0) is 23.5. The van der Waals surface area contributed by atoms with Crippen molar-refractivity contribution < 1.29 is 19.2 Å². The van der Waals surface area contributed by atoms with E-state index >= 15 is 0 Å². The SMILES string of the molecule is Cc1ccc(C(=O)c2ccccc2C(=O)Nc2ccc(CN3C(=O)CSC3=O)cc2)cc1C. The minimum absolute atomic E-state index is 0.174. The van der Waals surface area contributed by atoms with Gasteiger partial charge < -0.3 is 5.32 Å². The Balaban J connectivity index is 1.50. The Bertz CT molecular complexity index is 1250. The first kappa shape index (κ1) is 22.5. The highest BCUT2D eigenvalue weighted by atomic mass is 32.2. The fourth-order valence-electron chi connectivity index (χ4n) is 3.53. The average molecular weight is 459 g/mol. The van der Waals surface area contributed by atoms with Gasteiger partial charge >= 0.3 is 0 Å². The van der Waals surface area contributed by atoms with Crippen LogP contribution in [0.3, 0.4) is 0 Å². The van der Waals surface area contributed by atoms with Crippen molar-refractivity contribution in [3.63, 3.8) is 0 Å². The number of hydrogen-bond acceptors (Lipinski definition) is 5. The normalized spacial score (nSPS) is 13.3. The summed E-state index contributed by atoms with van der Waals surface area (Å²) < 4.78 is 0. The lowest BCUT2D eigenvalue weighted by molar-refractivity contribution is -0.125. The van der Waals surface area contributed by atoms with Crippen LogP contribution in [0.4, 0.5) is 10.5 Å². The predicted molar refractivity (Wildman–Crippen MR) is 129 cm³/mol. The Labute approximate surface area is 196 Å². The monoisotopic (exact) mass is 458 g/mol. The summed E-state index contributed by atoms with van der Waals surface area (Å²) in [7, 11) is 0. The van der Waals surface area contributed by atoms with E-state index in [1.165, 1.54) is 4.90 Å². The van der Waals surface area contributed by atoms with E-state index in [1.54, 1.807) is 54.6 Å². The Morgan fingerprint density at radius 1 is 0.909 bits per heavy atom. The highest BCUT2D eigenvalue weighted by molar-refractivity contribution is 8.14.